The van der Waals surface area contributed by atoms with Gasteiger partial charge in [-0.1, -0.05) is 30.3 Å². The number of hydrogen-bond donors (Lipinski definition) is 1. The predicted molar refractivity (Wildman–Crippen MR) is 68.4 cm³/mol. The number of rotatable bonds is 2. The Bertz CT molecular complexity index is 483. The third-order valence-corrected chi connectivity index (χ3v) is 3.63. The summed E-state index contributed by atoms with van der Waals surface area (Å²) in [5.74, 6) is -0.0929. The van der Waals surface area contributed by atoms with Crippen LogP contribution in [0, 0.1) is 0 Å². The second-order valence-corrected chi connectivity index (χ2v) is 4.89. The van der Waals surface area contributed by atoms with E-state index in [-0.39, 0.29) is 11.9 Å². The summed E-state index contributed by atoms with van der Waals surface area (Å²) in [7, 11) is 0. The molecule has 2 amide bonds. The van der Waals surface area contributed by atoms with E-state index in [1.807, 2.05) is 30.3 Å². The number of amides is 2. The Labute approximate surface area is 111 Å². The van der Waals surface area contributed by atoms with Gasteiger partial charge < -0.3 is 15.0 Å². The van der Waals surface area contributed by atoms with Gasteiger partial charge in [0, 0.05) is 13.1 Å². The van der Waals surface area contributed by atoms with Crippen molar-refractivity contribution in [3.05, 3.63) is 35.9 Å². The van der Waals surface area contributed by atoms with Gasteiger partial charge in [-0.3, -0.25) is 4.79 Å². The van der Waals surface area contributed by atoms with E-state index in [4.69, 9.17) is 4.74 Å². The van der Waals surface area contributed by atoms with Gasteiger partial charge in [-0.2, -0.15) is 0 Å². The van der Waals surface area contributed by atoms with Crippen LogP contribution in [0.1, 0.15) is 24.4 Å². The lowest BCUT2D eigenvalue weighted by atomic mass is 10.0. The first-order valence-corrected chi connectivity index (χ1v) is 6.56. The summed E-state index contributed by atoms with van der Waals surface area (Å²) in [4.78, 5) is 25.6. The highest BCUT2D eigenvalue weighted by Gasteiger charge is 2.42. The summed E-state index contributed by atoms with van der Waals surface area (Å²) in [5.41, 5.74) is 0.894. The summed E-state index contributed by atoms with van der Waals surface area (Å²) < 4.78 is 5.16. The van der Waals surface area contributed by atoms with Gasteiger partial charge in [0.2, 0.25) is 6.10 Å². The van der Waals surface area contributed by atoms with E-state index in [0.29, 0.717) is 0 Å². The monoisotopic (exact) mass is 260 g/mol. The fourth-order valence-electron chi connectivity index (χ4n) is 2.65. The van der Waals surface area contributed by atoms with E-state index in [1.54, 1.807) is 4.90 Å². The smallest absolute Gasteiger partial charge is 0.408 e. The molecule has 19 heavy (non-hydrogen) atoms. The first-order chi connectivity index (χ1) is 9.25. The van der Waals surface area contributed by atoms with E-state index in [2.05, 4.69) is 5.32 Å². The third-order valence-electron chi connectivity index (χ3n) is 3.63. The molecule has 3 rings (SSSR count). The standard InChI is InChI=1S/C14H16N2O3/c17-13(16-8-4-5-9-16)12-11(15-14(18)19-12)10-6-2-1-3-7-10/h1-3,6-7,11-12H,4-5,8-9H2,(H,15,18)/t11-,12+/m0/s1. The number of carbonyl (C=O) groups is 2. The van der Waals surface area contributed by atoms with Gasteiger partial charge in [0.1, 0.15) is 6.04 Å². The molecule has 100 valence electrons. The van der Waals surface area contributed by atoms with E-state index >= 15 is 0 Å². The van der Waals surface area contributed by atoms with E-state index in [0.717, 1.165) is 31.5 Å². The fraction of sp³-hybridized carbons (Fsp3) is 0.429. The van der Waals surface area contributed by atoms with Crippen molar-refractivity contribution in [1.82, 2.24) is 10.2 Å². The fourth-order valence-corrected chi connectivity index (χ4v) is 2.65. The highest BCUT2D eigenvalue weighted by atomic mass is 16.6. The number of nitrogens with zero attached hydrogens (tertiary/aromatic N) is 1. The highest BCUT2D eigenvalue weighted by Crippen LogP contribution is 2.27. The molecule has 1 aromatic rings. The molecule has 2 fully saturated rings. The molecule has 2 heterocycles. The Hall–Kier alpha value is -2.04. The Balaban J connectivity index is 1.82. The third kappa shape index (κ3) is 2.28. The summed E-state index contributed by atoms with van der Waals surface area (Å²) in [6.07, 6.45) is 0.783. The normalized spacial score (nSPS) is 26.1. The zero-order valence-electron chi connectivity index (χ0n) is 10.5. The molecule has 2 saturated heterocycles. The van der Waals surface area contributed by atoms with E-state index in [1.165, 1.54) is 0 Å². The number of nitrogens with one attached hydrogen (secondary N) is 1. The highest BCUT2D eigenvalue weighted by molar-refractivity contribution is 5.87. The van der Waals surface area contributed by atoms with Crippen LogP contribution in [0.25, 0.3) is 0 Å². The van der Waals surface area contributed by atoms with Gasteiger partial charge in [0.15, 0.2) is 0 Å². The molecular formula is C14H16N2O3. The maximum absolute atomic E-state index is 12.4. The molecule has 1 N–H and O–H groups in total. The molecule has 0 saturated carbocycles. The first-order valence-electron chi connectivity index (χ1n) is 6.56. The maximum atomic E-state index is 12.4. The Morgan fingerprint density at radius 2 is 1.89 bits per heavy atom. The summed E-state index contributed by atoms with van der Waals surface area (Å²) in [6.45, 7) is 1.52. The van der Waals surface area contributed by atoms with Crippen LogP contribution in [-0.4, -0.2) is 36.1 Å². The van der Waals surface area contributed by atoms with Gasteiger partial charge >= 0.3 is 6.09 Å². The molecule has 5 nitrogen and oxygen atoms in total. The Morgan fingerprint density at radius 3 is 2.58 bits per heavy atom. The van der Waals surface area contributed by atoms with Crippen LogP contribution >= 0.6 is 0 Å². The molecule has 5 heteroatoms. The molecule has 2 aliphatic heterocycles. The van der Waals surface area contributed by atoms with Crippen LogP contribution in [0.15, 0.2) is 30.3 Å². The van der Waals surface area contributed by atoms with Crippen molar-refractivity contribution in [1.29, 1.82) is 0 Å². The Kier molecular flexibility index (Phi) is 3.11. The number of ether oxygens (including phenoxy) is 1. The lowest BCUT2D eigenvalue weighted by Gasteiger charge is -2.22. The molecule has 0 aliphatic carbocycles. The van der Waals surface area contributed by atoms with Crippen molar-refractivity contribution in [2.24, 2.45) is 0 Å². The number of hydrogen-bond acceptors (Lipinski definition) is 3. The predicted octanol–water partition coefficient (Wildman–Crippen LogP) is 1.46. The van der Waals surface area contributed by atoms with Crippen molar-refractivity contribution < 1.29 is 14.3 Å². The van der Waals surface area contributed by atoms with Gasteiger partial charge in [0.25, 0.3) is 5.91 Å². The summed E-state index contributed by atoms with van der Waals surface area (Å²) in [5, 5.41) is 2.72. The van der Waals surface area contributed by atoms with Gasteiger partial charge in [-0.25, -0.2) is 4.79 Å². The van der Waals surface area contributed by atoms with Gasteiger partial charge in [-0.05, 0) is 18.4 Å². The largest absolute Gasteiger partial charge is 0.433 e. The summed E-state index contributed by atoms with van der Waals surface area (Å²) >= 11 is 0. The van der Waals surface area contributed by atoms with E-state index < -0.39 is 12.2 Å². The quantitative estimate of drug-likeness (QED) is 0.875. The molecule has 0 unspecified atom stereocenters. The van der Waals surface area contributed by atoms with Crippen LogP contribution in [0.4, 0.5) is 4.79 Å². The lowest BCUT2D eigenvalue weighted by molar-refractivity contribution is -0.138. The lowest BCUT2D eigenvalue weighted by Crippen LogP contribution is -2.40. The molecule has 0 radical (unpaired) electrons. The minimum Gasteiger partial charge on any atom is -0.433 e. The summed E-state index contributed by atoms with van der Waals surface area (Å²) in [6, 6.07) is 9.07. The van der Waals surface area contributed by atoms with Crippen LogP contribution in [0.2, 0.25) is 0 Å². The van der Waals surface area contributed by atoms with Gasteiger partial charge in [0.05, 0.1) is 0 Å². The molecule has 1 aromatic carbocycles. The number of alkyl carbamates (subject to hydrolysis) is 1. The molecule has 0 spiro atoms. The molecule has 0 aromatic heterocycles. The molecular weight excluding hydrogens is 244 g/mol. The van der Waals surface area contributed by atoms with Crippen LogP contribution in [-0.2, 0) is 9.53 Å². The van der Waals surface area contributed by atoms with Crippen molar-refractivity contribution in [2.45, 2.75) is 25.0 Å². The van der Waals surface area contributed by atoms with Crippen LogP contribution in [0.3, 0.4) is 0 Å². The zero-order chi connectivity index (χ0) is 13.2. The SMILES string of the molecule is O=C1N[C@@H](c2ccccc2)[C@H](C(=O)N2CCCC2)O1. The maximum Gasteiger partial charge on any atom is 0.408 e. The van der Waals surface area contributed by atoms with Crippen LogP contribution < -0.4 is 5.32 Å². The average molecular weight is 260 g/mol. The van der Waals surface area contributed by atoms with Crippen molar-refractivity contribution in [3.63, 3.8) is 0 Å². The number of carbonyl (C=O) groups excluding carboxylic acids is 2. The van der Waals surface area contributed by atoms with Crippen molar-refractivity contribution >= 4 is 12.0 Å². The molecule has 2 atom stereocenters. The minimum absolute atomic E-state index is 0.0929. The van der Waals surface area contributed by atoms with Crippen molar-refractivity contribution in [3.8, 4) is 0 Å². The second-order valence-electron chi connectivity index (χ2n) is 4.89. The minimum atomic E-state index is -0.743. The topological polar surface area (TPSA) is 58.6 Å². The number of benzene rings is 1. The van der Waals surface area contributed by atoms with E-state index in [9.17, 15) is 9.59 Å². The second kappa shape index (κ2) is 4.91. The Morgan fingerprint density at radius 1 is 1.21 bits per heavy atom. The van der Waals surface area contributed by atoms with Crippen LogP contribution in [0.5, 0.6) is 0 Å². The zero-order valence-corrected chi connectivity index (χ0v) is 10.5. The van der Waals surface area contributed by atoms with Crippen molar-refractivity contribution in [2.75, 3.05) is 13.1 Å². The number of likely N-dealkylation sites (tertiary alicyclic amines) is 1. The molecule has 2 aliphatic rings. The molecule has 0 bridgehead atoms. The first kappa shape index (κ1) is 12.0. The average Bonchev–Trinajstić information content (AvgIpc) is 3.08. The van der Waals surface area contributed by atoms with Gasteiger partial charge in [-0.15, -0.1) is 0 Å². The number of cyclic esters (lactones) is 1.